The Kier molecular flexibility index (Phi) is 3.40. The van der Waals surface area contributed by atoms with Crippen molar-refractivity contribution in [2.24, 2.45) is 0 Å². The Bertz CT molecular complexity index is 332. The molecule has 1 heterocycles. The Hall–Kier alpha value is -1.14. The molecule has 0 bridgehead atoms. The summed E-state index contributed by atoms with van der Waals surface area (Å²) in [5.41, 5.74) is 0.789. The summed E-state index contributed by atoms with van der Waals surface area (Å²) >= 11 is 0. The van der Waals surface area contributed by atoms with Gasteiger partial charge in [0.15, 0.2) is 6.23 Å². The Morgan fingerprint density at radius 3 is 2.38 bits per heavy atom. The molecule has 0 aromatic heterocycles. The summed E-state index contributed by atoms with van der Waals surface area (Å²) in [4.78, 5) is 0. The van der Waals surface area contributed by atoms with Crippen LogP contribution < -0.4 is 5.32 Å². The molecule has 5 heteroatoms. The first-order chi connectivity index (χ1) is 7.72. The molecule has 1 fully saturated rings. The molecule has 2 rings (SSSR count). The van der Waals surface area contributed by atoms with Gasteiger partial charge in [0.1, 0.15) is 18.3 Å². The van der Waals surface area contributed by atoms with Crippen LogP contribution in [0.5, 0.6) is 0 Å². The van der Waals surface area contributed by atoms with Crippen molar-refractivity contribution in [2.45, 2.75) is 24.5 Å². The van der Waals surface area contributed by atoms with E-state index in [1.54, 1.807) is 0 Å². The fraction of sp³-hybridized carbons (Fsp3) is 0.455. The van der Waals surface area contributed by atoms with Gasteiger partial charge in [0, 0.05) is 5.69 Å². The van der Waals surface area contributed by atoms with Crippen molar-refractivity contribution in [1.82, 2.24) is 0 Å². The summed E-state index contributed by atoms with van der Waals surface area (Å²) in [6.45, 7) is -0.314. The number of benzene rings is 1. The summed E-state index contributed by atoms with van der Waals surface area (Å²) < 4.78 is 5.28. The molecule has 0 amide bonds. The van der Waals surface area contributed by atoms with Crippen LogP contribution in [-0.4, -0.2) is 46.5 Å². The highest BCUT2D eigenvalue weighted by Gasteiger charge is 2.42. The van der Waals surface area contributed by atoms with Crippen molar-refractivity contribution in [1.29, 1.82) is 0 Å². The minimum atomic E-state index is -1.06. The fourth-order valence-electron chi connectivity index (χ4n) is 1.72. The Morgan fingerprint density at radius 1 is 1.12 bits per heavy atom. The van der Waals surface area contributed by atoms with Gasteiger partial charge in [0.25, 0.3) is 0 Å². The molecule has 0 unspecified atom stereocenters. The van der Waals surface area contributed by atoms with Gasteiger partial charge in [-0.15, -0.1) is 0 Å². The Balaban J connectivity index is 2.01. The van der Waals surface area contributed by atoms with E-state index in [0.717, 1.165) is 5.69 Å². The highest BCUT2D eigenvalue weighted by molar-refractivity contribution is 5.43. The zero-order chi connectivity index (χ0) is 11.5. The third-order valence-electron chi connectivity index (χ3n) is 2.63. The van der Waals surface area contributed by atoms with E-state index in [2.05, 4.69) is 5.32 Å². The normalized spacial score (nSPS) is 33.9. The van der Waals surface area contributed by atoms with Gasteiger partial charge in [0.05, 0.1) is 6.61 Å². The van der Waals surface area contributed by atoms with Gasteiger partial charge >= 0.3 is 0 Å². The second-order valence-corrected chi connectivity index (χ2v) is 3.77. The van der Waals surface area contributed by atoms with Gasteiger partial charge in [-0.05, 0) is 12.1 Å². The lowest BCUT2D eigenvalue weighted by Gasteiger charge is -2.17. The Labute approximate surface area is 93.3 Å². The van der Waals surface area contributed by atoms with Crippen LogP contribution in [0.15, 0.2) is 30.3 Å². The van der Waals surface area contributed by atoms with Crippen LogP contribution in [0.2, 0.25) is 0 Å². The third-order valence-corrected chi connectivity index (χ3v) is 2.63. The van der Waals surface area contributed by atoms with Crippen molar-refractivity contribution in [3.63, 3.8) is 0 Å². The first kappa shape index (κ1) is 11.3. The van der Waals surface area contributed by atoms with Gasteiger partial charge in [-0.25, -0.2) is 0 Å². The summed E-state index contributed by atoms with van der Waals surface area (Å²) in [6.07, 6.45) is -3.55. The van der Waals surface area contributed by atoms with Gasteiger partial charge in [-0.3, -0.25) is 0 Å². The maximum absolute atomic E-state index is 9.67. The maximum Gasteiger partial charge on any atom is 0.157 e. The minimum Gasteiger partial charge on any atom is -0.394 e. The lowest BCUT2D eigenvalue weighted by atomic mass is 10.1. The zero-order valence-corrected chi connectivity index (χ0v) is 8.65. The fourth-order valence-corrected chi connectivity index (χ4v) is 1.72. The Morgan fingerprint density at radius 2 is 1.81 bits per heavy atom. The number of aliphatic hydroxyl groups excluding tert-OH is 3. The van der Waals surface area contributed by atoms with Crippen LogP contribution in [0.1, 0.15) is 0 Å². The second-order valence-electron chi connectivity index (χ2n) is 3.77. The predicted octanol–water partition coefficient (Wildman–Crippen LogP) is -0.463. The van der Waals surface area contributed by atoms with Crippen LogP contribution in [0.25, 0.3) is 0 Å². The van der Waals surface area contributed by atoms with Crippen molar-refractivity contribution < 1.29 is 20.1 Å². The van der Waals surface area contributed by atoms with Crippen LogP contribution in [0.3, 0.4) is 0 Å². The predicted molar refractivity (Wildman–Crippen MR) is 57.8 cm³/mol. The molecule has 16 heavy (non-hydrogen) atoms. The van der Waals surface area contributed by atoms with Gasteiger partial charge in [-0.2, -0.15) is 0 Å². The summed E-state index contributed by atoms with van der Waals surface area (Å²) in [6, 6.07) is 9.24. The summed E-state index contributed by atoms with van der Waals surface area (Å²) in [7, 11) is 0. The van der Waals surface area contributed by atoms with Gasteiger partial charge in [-0.1, -0.05) is 18.2 Å². The summed E-state index contributed by atoms with van der Waals surface area (Å²) in [5, 5.41) is 31.1. The monoisotopic (exact) mass is 225 g/mol. The van der Waals surface area contributed by atoms with E-state index in [0.29, 0.717) is 0 Å². The zero-order valence-electron chi connectivity index (χ0n) is 8.65. The molecular formula is C11H15NO4. The van der Waals surface area contributed by atoms with E-state index >= 15 is 0 Å². The smallest absolute Gasteiger partial charge is 0.157 e. The molecule has 1 aliphatic heterocycles. The number of anilines is 1. The van der Waals surface area contributed by atoms with E-state index in [-0.39, 0.29) is 6.61 Å². The number of hydrogen-bond donors (Lipinski definition) is 4. The molecule has 1 saturated heterocycles. The van der Waals surface area contributed by atoms with Crippen LogP contribution in [-0.2, 0) is 4.74 Å². The molecule has 1 aliphatic rings. The quantitative estimate of drug-likeness (QED) is 0.559. The minimum absolute atomic E-state index is 0.314. The molecule has 4 atom stereocenters. The molecule has 0 saturated carbocycles. The average molecular weight is 225 g/mol. The standard InChI is InChI=1S/C11H15NO4/c13-6-8-9(14)10(15)11(16-8)12-7-4-2-1-3-5-7/h1-5,8-15H,6H2/t8-,9-,10-,11-/m1/s1. The molecule has 88 valence electrons. The highest BCUT2D eigenvalue weighted by Crippen LogP contribution is 2.22. The number of hydrogen-bond acceptors (Lipinski definition) is 5. The third kappa shape index (κ3) is 2.17. The van der Waals surface area contributed by atoms with E-state index in [1.165, 1.54) is 0 Å². The number of para-hydroxylation sites is 1. The molecule has 1 aromatic rings. The number of rotatable bonds is 3. The van der Waals surface area contributed by atoms with Gasteiger partial charge < -0.3 is 25.4 Å². The molecule has 5 nitrogen and oxygen atoms in total. The summed E-state index contributed by atoms with van der Waals surface area (Å²) in [5.74, 6) is 0. The second kappa shape index (κ2) is 4.80. The highest BCUT2D eigenvalue weighted by atomic mass is 16.6. The van der Waals surface area contributed by atoms with Crippen LogP contribution >= 0.6 is 0 Å². The van der Waals surface area contributed by atoms with E-state index in [1.807, 2.05) is 30.3 Å². The van der Waals surface area contributed by atoms with Crippen molar-refractivity contribution in [3.05, 3.63) is 30.3 Å². The first-order valence-corrected chi connectivity index (χ1v) is 5.16. The molecule has 0 radical (unpaired) electrons. The lowest BCUT2D eigenvalue weighted by molar-refractivity contribution is -0.0153. The van der Waals surface area contributed by atoms with Crippen LogP contribution in [0.4, 0.5) is 5.69 Å². The molecule has 4 N–H and O–H groups in total. The topological polar surface area (TPSA) is 82.0 Å². The van der Waals surface area contributed by atoms with E-state index in [9.17, 15) is 10.2 Å². The van der Waals surface area contributed by atoms with E-state index in [4.69, 9.17) is 9.84 Å². The SMILES string of the molecule is OC[C@H]1O[C@@H](Nc2ccccc2)[C@H](O)[C@@H]1O. The maximum atomic E-state index is 9.67. The van der Waals surface area contributed by atoms with Gasteiger partial charge in [0.2, 0.25) is 0 Å². The number of ether oxygens (including phenoxy) is 1. The molecular weight excluding hydrogens is 210 g/mol. The number of aliphatic hydroxyl groups is 3. The lowest BCUT2D eigenvalue weighted by Crippen LogP contribution is -2.36. The largest absolute Gasteiger partial charge is 0.394 e. The molecule has 0 spiro atoms. The first-order valence-electron chi connectivity index (χ1n) is 5.16. The van der Waals surface area contributed by atoms with Crippen molar-refractivity contribution in [2.75, 3.05) is 11.9 Å². The van der Waals surface area contributed by atoms with Crippen molar-refractivity contribution in [3.8, 4) is 0 Å². The number of nitrogens with one attached hydrogen (secondary N) is 1. The van der Waals surface area contributed by atoms with Crippen LogP contribution in [0, 0.1) is 0 Å². The average Bonchev–Trinajstić information content (AvgIpc) is 2.58. The van der Waals surface area contributed by atoms with E-state index < -0.39 is 24.5 Å². The van der Waals surface area contributed by atoms with Crippen molar-refractivity contribution >= 4 is 5.69 Å². The molecule has 1 aromatic carbocycles. The molecule has 0 aliphatic carbocycles.